The van der Waals surface area contributed by atoms with Crippen LogP contribution in [0.5, 0.6) is 0 Å². The van der Waals surface area contributed by atoms with Gasteiger partial charge in [0.15, 0.2) is 0 Å². The van der Waals surface area contributed by atoms with Gasteiger partial charge in [0.05, 0.1) is 13.2 Å². The van der Waals surface area contributed by atoms with Crippen LogP contribution >= 0.6 is 0 Å². The number of hydrogen-bond donors (Lipinski definition) is 1. The number of carbonyl (C=O) groups is 2. The Kier molecular flexibility index (Phi) is 7.79. The molecule has 1 atom stereocenters. The Morgan fingerprint density at radius 3 is 2.05 bits per heavy atom. The van der Waals surface area contributed by atoms with Gasteiger partial charge in [0.1, 0.15) is 6.54 Å². The molecule has 0 saturated heterocycles. The van der Waals surface area contributed by atoms with E-state index in [0.717, 1.165) is 12.8 Å². The molecule has 0 aliphatic heterocycles. The van der Waals surface area contributed by atoms with Crippen molar-refractivity contribution in [3.05, 3.63) is 0 Å². The Balaban J connectivity index is 5.00. The molecule has 0 radical (unpaired) electrons. The van der Waals surface area contributed by atoms with E-state index < -0.39 is 12.0 Å². The second-order valence-electron chi connectivity index (χ2n) is 6.32. The summed E-state index contributed by atoms with van der Waals surface area (Å²) in [5.41, 5.74) is 5.69. The lowest BCUT2D eigenvalue weighted by atomic mass is 9.86. The lowest BCUT2D eigenvalue weighted by molar-refractivity contribution is -0.148. The molecule has 5 heteroatoms. The first kappa shape index (κ1) is 18.9. The minimum atomic E-state index is -0.624. The highest BCUT2D eigenvalue weighted by atomic mass is 16.5. The highest BCUT2D eigenvalue weighted by Gasteiger charge is 2.32. The fourth-order valence-corrected chi connectivity index (χ4v) is 1.88. The van der Waals surface area contributed by atoms with Crippen molar-refractivity contribution in [2.75, 3.05) is 20.2 Å². The molecule has 0 saturated carbocycles. The van der Waals surface area contributed by atoms with Gasteiger partial charge in [-0.2, -0.15) is 0 Å². The normalized spacial score (nSPS) is 13.2. The molecule has 2 N–H and O–H groups in total. The van der Waals surface area contributed by atoms with Gasteiger partial charge in [0.25, 0.3) is 0 Å². The Bertz CT molecular complexity index is 320. The standard InChI is InChI=1S/C15H30N2O3/c1-7-11(8-2)9-17(10-12(18)20-6)14(19)13(16)15(3,4)5/h11,13H,7-10,16H2,1-6H3/t13-/m0/s1. The van der Waals surface area contributed by atoms with Crippen LogP contribution in [0.25, 0.3) is 0 Å². The largest absolute Gasteiger partial charge is 0.468 e. The molecule has 5 nitrogen and oxygen atoms in total. The van der Waals surface area contributed by atoms with E-state index in [2.05, 4.69) is 18.6 Å². The summed E-state index contributed by atoms with van der Waals surface area (Å²) in [7, 11) is 1.33. The maximum absolute atomic E-state index is 12.5. The summed E-state index contributed by atoms with van der Waals surface area (Å²) in [6.45, 7) is 10.4. The second-order valence-corrected chi connectivity index (χ2v) is 6.32. The van der Waals surface area contributed by atoms with Gasteiger partial charge in [0, 0.05) is 6.54 Å². The van der Waals surface area contributed by atoms with E-state index in [4.69, 9.17) is 5.73 Å². The van der Waals surface area contributed by atoms with E-state index in [-0.39, 0.29) is 17.9 Å². The van der Waals surface area contributed by atoms with Gasteiger partial charge in [-0.05, 0) is 11.3 Å². The van der Waals surface area contributed by atoms with Gasteiger partial charge in [-0.25, -0.2) is 0 Å². The summed E-state index contributed by atoms with van der Waals surface area (Å²) in [5, 5.41) is 0. The number of nitrogens with zero attached hydrogens (tertiary/aromatic N) is 1. The fourth-order valence-electron chi connectivity index (χ4n) is 1.88. The summed E-state index contributed by atoms with van der Waals surface area (Å²) >= 11 is 0. The molecule has 20 heavy (non-hydrogen) atoms. The van der Waals surface area contributed by atoms with Gasteiger partial charge in [0.2, 0.25) is 5.91 Å². The molecule has 0 rings (SSSR count). The maximum atomic E-state index is 12.5. The lowest BCUT2D eigenvalue weighted by Crippen LogP contribution is -2.52. The third kappa shape index (κ3) is 5.90. The van der Waals surface area contributed by atoms with Crippen molar-refractivity contribution in [3.63, 3.8) is 0 Å². The van der Waals surface area contributed by atoms with Crippen molar-refractivity contribution in [1.82, 2.24) is 4.90 Å². The highest BCUT2D eigenvalue weighted by molar-refractivity contribution is 5.86. The SMILES string of the molecule is CCC(CC)CN(CC(=O)OC)C(=O)[C@H](N)C(C)(C)C. The van der Waals surface area contributed by atoms with Crippen molar-refractivity contribution in [1.29, 1.82) is 0 Å². The summed E-state index contributed by atoms with van der Waals surface area (Å²) in [5.74, 6) is -0.226. The van der Waals surface area contributed by atoms with Gasteiger partial charge < -0.3 is 15.4 Å². The average molecular weight is 286 g/mol. The average Bonchev–Trinajstić information content (AvgIpc) is 2.40. The van der Waals surface area contributed by atoms with Gasteiger partial charge in [-0.1, -0.05) is 47.5 Å². The van der Waals surface area contributed by atoms with Crippen LogP contribution < -0.4 is 5.73 Å². The minimum Gasteiger partial charge on any atom is -0.468 e. The monoisotopic (exact) mass is 286 g/mol. The van der Waals surface area contributed by atoms with Crippen molar-refractivity contribution in [2.45, 2.75) is 53.5 Å². The first-order valence-corrected chi connectivity index (χ1v) is 7.28. The number of methoxy groups -OCH3 is 1. The molecule has 1 amide bonds. The van der Waals surface area contributed by atoms with Crippen LogP contribution in [-0.4, -0.2) is 43.0 Å². The molecule has 0 bridgehead atoms. The fraction of sp³-hybridized carbons (Fsp3) is 0.867. The zero-order valence-electron chi connectivity index (χ0n) is 13.7. The van der Waals surface area contributed by atoms with Crippen LogP contribution in [0.3, 0.4) is 0 Å². The Hall–Kier alpha value is -1.10. The molecular weight excluding hydrogens is 256 g/mol. The van der Waals surface area contributed by atoms with Crippen LogP contribution in [0.2, 0.25) is 0 Å². The molecule has 0 aromatic heterocycles. The number of amides is 1. The molecular formula is C15H30N2O3. The smallest absolute Gasteiger partial charge is 0.325 e. The quantitative estimate of drug-likeness (QED) is 0.724. The highest BCUT2D eigenvalue weighted by Crippen LogP contribution is 2.20. The summed E-state index contributed by atoms with van der Waals surface area (Å²) < 4.78 is 4.67. The Labute approximate surface area is 122 Å². The van der Waals surface area contributed by atoms with Crippen molar-refractivity contribution in [3.8, 4) is 0 Å². The molecule has 0 aliphatic carbocycles. The third-order valence-electron chi connectivity index (χ3n) is 3.69. The van der Waals surface area contributed by atoms with E-state index in [1.54, 1.807) is 4.90 Å². The van der Waals surface area contributed by atoms with Crippen LogP contribution in [0, 0.1) is 11.3 Å². The summed E-state index contributed by atoms with van der Waals surface area (Å²) in [6, 6.07) is -0.624. The number of esters is 1. The van der Waals surface area contributed by atoms with Crippen LogP contribution in [-0.2, 0) is 14.3 Å². The molecule has 0 unspecified atom stereocenters. The topological polar surface area (TPSA) is 72.6 Å². The molecule has 0 aromatic rings. The second kappa shape index (κ2) is 8.25. The van der Waals surface area contributed by atoms with E-state index in [9.17, 15) is 9.59 Å². The zero-order valence-corrected chi connectivity index (χ0v) is 13.7. The van der Waals surface area contributed by atoms with Gasteiger partial charge in [-0.3, -0.25) is 9.59 Å². The Morgan fingerprint density at radius 1 is 1.20 bits per heavy atom. The third-order valence-corrected chi connectivity index (χ3v) is 3.69. The van der Waals surface area contributed by atoms with Crippen molar-refractivity contribution < 1.29 is 14.3 Å². The van der Waals surface area contributed by atoms with E-state index >= 15 is 0 Å². The molecule has 0 fully saturated rings. The van der Waals surface area contributed by atoms with E-state index in [1.165, 1.54) is 7.11 Å². The summed E-state index contributed by atoms with van der Waals surface area (Å²) in [4.78, 5) is 25.5. The van der Waals surface area contributed by atoms with Crippen molar-refractivity contribution >= 4 is 11.9 Å². The summed E-state index contributed by atoms with van der Waals surface area (Å²) in [6.07, 6.45) is 1.93. The molecule has 0 heterocycles. The van der Waals surface area contributed by atoms with Crippen LogP contribution in [0.1, 0.15) is 47.5 Å². The lowest BCUT2D eigenvalue weighted by Gasteiger charge is -2.33. The van der Waals surface area contributed by atoms with Crippen LogP contribution in [0.4, 0.5) is 0 Å². The van der Waals surface area contributed by atoms with Crippen LogP contribution in [0.15, 0.2) is 0 Å². The predicted molar refractivity (Wildman–Crippen MR) is 80.1 cm³/mol. The Morgan fingerprint density at radius 2 is 1.70 bits per heavy atom. The predicted octanol–water partition coefficient (Wildman–Crippen LogP) is 1.80. The zero-order chi connectivity index (χ0) is 15.9. The molecule has 118 valence electrons. The molecule has 0 aromatic carbocycles. The minimum absolute atomic E-state index is 0.0321. The number of ether oxygens (including phenoxy) is 1. The van der Waals surface area contributed by atoms with Gasteiger partial charge in [-0.15, -0.1) is 0 Å². The number of rotatable bonds is 7. The molecule has 0 aliphatic rings. The number of hydrogen-bond acceptors (Lipinski definition) is 4. The maximum Gasteiger partial charge on any atom is 0.325 e. The number of carbonyl (C=O) groups excluding carboxylic acids is 2. The first-order valence-electron chi connectivity index (χ1n) is 7.28. The molecule has 0 spiro atoms. The van der Waals surface area contributed by atoms with E-state index in [1.807, 2.05) is 20.8 Å². The number of nitrogens with two attached hydrogens (primary N) is 1. The van der Waals surface area contributed by atoms with Gasteiger partial charge >= 0.3 is 5.97 Å². The van der Waals surface area contributed by atoms with E-state index in [0.29, 0.717) is 12.5 Å². The first-order chi connectivity index (χ1) is 9.17. The van der Waals surface area contributed by atoms with Crippen molar-refractivity contribution in [2.24, 2.45) is 17.1 Å².